The molecule has 0 N–H and O–H groups in total. The number of halogens is 3. The van der Waals surface area contributed by atoms with Crippen LogP contribution in [0.3, 0.4) is 0 Å². The summed E-state index contributed by atoms with van der Waals surface area (Å²) in [5, 5.41) is 0.237. The number of carbonyl (C=O) groups is 1. The molecule has 0 aliphatic heterocycles. The molecule has 32 heavy (non-hydrogen) atoms. The molecule has 0 aliphatic rings. The number of hydrogen-bond donors (Lipinski definition) is 0. The molecule has 0 spiro atoms. The van der Waals surface area contributed by atoms with Gasteiger partial charge in [-0.1, -0.05) is 42.0 Å². The van der Waals surface area contributed by atoms with Crippen LogP contribution < -0.4 is 5.43 Å². The Morgan fingerprint density at radius 2 is 1.72 bits per heavy atom. The summed E-state index contributed by atoms with van der Waals surface area (Å²) < 4.78 is 41.0. The second-order valence-electron chi connectivity index (χ2n) is 7.72. The molecule has 4 rings (SSSR count). The molecule has 0 aliphatic carbocycles. The number of rotatable bonds is 4. The number of benzene rings is 2. The smallest absolute Gasteiger partial charge is 0.327 e. The zero-order valence-corrected chi connectivity index (χ0v) is 17.4. The Hall–Kier alpha value is -3.74. The minimum absolute atomic E-state index is 0.0192. The first-order valence-corrected chi connectivity index (χ1v) is 9.92. The van der Waals surface area contributed by atoms with Gasteiger partial charge in [0.15, 0.2) is 5.78 Å². The largest absolute Gasteiger partial charge is 0.416 e. The number of nitrogens with zero attached hydrogens (tertiary/aromatic N) is 2. The standard InChI is InChI=1S/C25H19F3N2O2/c1-15-6-9-18(10-7-15)22(31)21-14-30(24-20(23(21)32)11-8-16(2)29-24)13-17-4-3-5-19(12-17)25(26,27)28/h3-12,14H,13H2,1-2H3. The van der Waals surface area contributed by atoms with E-state index in [2.05, 4.69) is 4.98 Å². The lowest BCUT2D eigenvalue weighted by atomic mass is 10.0. The number of pyridine rings is 2. The summed E-state index contributed by atoms with van der Waals surface area (Å²) in [4.78, 5) is 30.6. The van der Waals surface area contributed by atoms with Crippen molar-refractivity contribution < 1.29 is 18.0 Å². The summed E-state index contributed by atoms with van der Waals surface area (Å²) in [6.07, 6.45) is -3.08. The average molecular weight is 436 g/mol. The first kappa shape index (κ1) is 21.5. The molecule has 2 aromatic carbocycles. The summed E-state index contributed by atoms with van der Waals surface area (Å²) in [5.74, 6) is -0.449. The van der Waals surface area contributed by atoms with Crippen LogP contribution in [-0.4, -0.2) is 15.3 Å². The molecule has 0 radical (unpaired) electrons. The zero-order chi connectivity index (χ0) is 23.0. The Kier molecular flexibility index (Phi) is 5.42. The number of hydrogen-bond acceptors (Lipinski definition) is 3. The van der Waals surface area contributed by atoms with E-state index in [0.29, 0.717) is 22.5 Å². The average Bonchev–Trinajstić information content (AvgIpc) is 2.75. The van der Waals surface area contributed by atoms with Crippen LogP contribution in [0, 0.1) is 13.8 Å². The van der Waals surface area contributed by atoms with Gasteiger partial charge in [-0.3, -0.25) is 9.59 Å². The van der Waals surface area contributed by atoms with Crippen molar-refractivity contribution in [2.45, 2.75) is 26.6 Å². The van der Waals surface area contributed by atoms with Gasteiger partial charge in [0.05, 0.1) is 16.5 Å². The van der Waals surface area contributed by atoms with E-state index in [9.17, 15) is 22.8 Å². The number of aryl methyl sites for hydroxylation is 2. The Morgan fingerprint density at radius 3 is 2.41 bits per heavy atom. The van der Waals surface area contributed by atoms with Gasteiger partial charge in [-0.05, 0) is 43.7 Å². The van der Waals surface area contributed by atoms with Crippen LogP contribution in [0.1, 0.15) is 38.3 Å². The number of ketones is 1. The molecule has 7 heteroatoms. The Morgan fingerprint density at radius 1 is 1.00 bits per heavy atom. The molecule has 0 bridgehead atoms. The summed E-state index contributed by atoms with van der Waals surface area (Å²) in [6.45, 7) is 3.66. The minimum atomic E-state index is -4.47. The van der Waals surface area contributed by atoms with E-state index >= 15 is 0 Å². The number of alkyl halides is 3. The van der Waals surface area contributed by atoms with E-state index in [-0.39, 0.29) is 17.5 Å². The number of aromatic nitrogens is 2. The molecular weight excluding hydrogens is 417 g/mol. The number of carbonyl (C=O) groups excluding carboxylic acids is 1. The van der Waals surface area contributed by atoms with Crippen LogP contribution in [0.4, 0.5) is 13.2 Å². The van der Waals surface area contributed by atoms with E-state index in [1.807, 2.05) is 6.92 Å². The third-order valence-corrected chi connectivity index (χ3v) is 5.23. The molecule has 4 nitrogen and oxygen atoms in total. The highest BCUT2D eigenvalue weighted by atomic mass is 19.4. The van der Waals surface area contributed by atoms with Crippen molar-refractivity contribution in [3.8, 4) is 0 Å². The van der Waals surface area contributed by atoms with Gasteiger partial charge < -0.3 is 4.57 Å². The van der Waals surface area contributed by atoms with Crippen molar-refractivity contribution in [1.29, 1.82) is 0 Å². The lowest BCUT2D eigenvalue weighted by Gasteiger charge is -2.14. The highest BCUT2D eigenvalue weighted by Crippen LogP contribution is 2.30. The number of fused-ring (bicyclic) bond motifs is 1. The topological polar surface area (TPSA) is 52.0 Å². The fourth-order valence-electron chi connectivity index (χ4n) is 3.55. The van der Waals surface area contributed by atoms with E-state index in [1.54, 1.807) is 54.0 Å². The summed E-state index contributed by atoms with van der Waals surface area (Å²) in [7, 11) is 0. The van der Waals surface area contributed by atoms with Crippen molar-refractivity contribution in [2.24, 2.45) is 0 Å². The first-order valence-electron chi connectivity index (χ1n) is 9.92. The maximum absolute atomic E-state index is 13.1. The molecule has 0 fully saturated rings. The van der Waals surface area contributed by atoms with Crippen molar-refractivity contribution in [3.05, 3.63) is 111 Å². The highest BCUT2D eigenvalue weighted by Gasteiger charge is 2.30. The molecule has 162 valence electrons. The SMILES string of the molecule is Cc1ccc(C(=O)c2cn(Cc3cccc(C(F)(F)F)c3)c3nc(C)ccc3c2=O)cc1. The van der Waals surface area contributed by atoms with Crippen LogP contribution in [0.5, 0.6) is 0 Å². The minimum Gasteiger partial charge on any atom is -0.327 e. The van der Waals surface area contributed by atoms with Crippen LogP contribution in [0.25, 0.3) is 11.0 Å². The first-order chi connectivity index (χ1) is 15.1. The monoisotopic (exact) mass is 436 g/mol. The summed E-state index contributed by atoms with van der Waals surface area (Å²) in [6, 6.07) is 15.1. The lowest BCUT2D eigenvalue weighted by molar-refractivity contribution is -0.137. The van der Waals surface area contributed by atoms with E-state index in [1.165, 1.54) is 12.3 Å². The predicted molar refractivity (Wildman–Crippen MR) is 116 cm³/mol. The van der Waals surface area contributed by atoms with E-state index < -0.39 is 23.0 Å². The Labute approximate surface area is 182 Å². The van der Waals surface area contributed by atoms with Crippen LogP contribution in [0.15, 0.2) is 71.7 Å². The van der Waals surface area contributed by atoms with Gasteiger partial charge in [-0.25, -0.2) is 4.98 Å². The fraction of sp³-hybridized carbons (Fsp3) is 0.160. The normalized spacial score (nSPS) is 11.7. The van der Waals surface area contributed by atoms with Gasteiger partial charge in [0, 0.05) is 24.0 Å². The zero-order valence-electron chi connectivity index (χ0n) is 17.4. The van der Waals surface area contributed by atoms with Crippen molar-refractivity contribution >= 4 is 16.8 Å². The van der Waals surface area contributed by atoms with Crippen molar-refractivity contribution in [1.82, 2.24) is 9.55 Å². The highest BCUT2D eigenvalue weighted by molar-refractivity contribution is 6.10. The van der Waals surface area contributed by atoms with Crippen molar-refractivity contribution in [3.63, 3.8) is 0 Å². The second kappa shape index (κ2) is 8.07. The van der Waals surface area contributed by atoms with Crippen molar-refractivity contribution in [2.75, 3.05) is 0 Å². The van der Waals surface area contributed by atoms with Crippen LogP contribution >= 0.6 is 0 Å². The van der Waals surface area contributed by atoms with Gasteiger partial charge in [-0.2, -0.15) is 13.2 Å². The Bertz CT molecular complexity index is 1390. The van der Waals surface area contributed by atoms with Crippen LogP contribution in [-0.2, 0) is 12.7 Å². The van der Waals surface area contributed by atoms with Gasteiger partial charge in [0.25, 0.3) is 0 Å². The van der Waals surface area contributed by atoms with Gasteiger partial charge in [0.1, 0.15) is 5.65 Å². The molecule has 4 aromatic rings. The molecule has 0 saturated heterocycles. The Balaban J connectivity index is 1.87. The lowest BCUT2D eigenvalue weighted by Crippen LogP contribution is -2.21. The summed E-state index contributed by atoms with van der Waals surface area (Å²) in [5.41, 5.74) is 1.39. The molecule has 0 atom stereocenters. The van der Waals surface area contributed by atoms with E-state index in [0.717, 1.165) is 17.7 Å². The maximum atomic E-state index is 13.1. The molecule has 0 saturated carbocycles. The molecule has 2 aromatic heterocycles. The molecule has 0 unspecified atom stereocenters. The maximum Gasteiger partial charge on any atom is 0.416 e. The second-order valence-corrected chi connectivity index (χ2v) is 7.72. The van der Waals surface area contributed by atoms with E-state index in [4.69, 9.17) is 0 Å². The molecule has 0 amide bonds. The van der Waals surface area contributed by atoms with Gasteiger partial charge >= 0.3 is 6.18 Å². The quantitative estimate of drug-likeness (QED) is 0.408. The third kappa shape index (κ3) is 4.19. The predicted octanol–water partition coefficient (Wildman–Crippen LogP) is 5.31. The fourth-order valence-corrected chi connectivity index (χ4v) is 3.55. The van der Waals surface area contributed by atoms with Gasteiger partial charge in [-0.15, -0.1) is 0 Å². The molecule has 2 heterocycles. The van der Waals surface area contributed by atoms with Gasteiger partial charge in [0.2, 0.25) is 5.43 Å². The van der Waals surface area contributed by atoms with Crippen LogP contribution in [0.2, 0.25) is 0 Å². The summed E-state index contributed by atoms with van der Waals surface area (Å²) >= 11 is 0. The third-order valence-electron chi connectivity index (χ3n) is 5.23. The molecular formula is C25H19F3N2O2.